The predicted octanol–water partition coefficient (Wildman–Crippen LogP) is 2.95. The number of hydrogen-bond acceptors (Lipinski definition) is 6. The molecule has 2 heterocycles. The third kappa shape index (κ3) is 2.51. The van der Waals surface area contributed by atoms with Gasteiger partial charge in [0.05, 0.1) is 25.8 Å². The Morgan fingerprint density at radius 1 is 1.32 bits per heavy atom. The highest BCUT2D eigenvalue weighted by molar-refractivity contribution is 7.18. The van der Waals surface area contributed by atoms with Crippen LogP contribution in [0.25, 0.3) is 10.2 Å². The molecule has 6 heteroatoms. The zero-order valence-electron chi connectivity index (χ0n) is 10.5. The van der Waals surface area contributed by atoms with E-state index in [0.717, 1.165) is 33.9 Å². The first-order valence-corrected chi connectivity index (χ1v) is 7.78. The van der Waals surface area contributed by atoms with E-state index in [4.69, 9.17) is 5.73 Å². The monoisotopic (exact) mass is 290 g/mol. The Balaban J connectivity index is 1.84. The predicted molar refractivity (Wildman–Crippen MR) is 79.5 cm³/mol. The molecule has 3 rings (SSSR count). The van der Waals surface area contributed by atoms with Crippen molar-refractivity contribution in [3.05, 3.63) is 39.8 Å². The largest absolute Gasteiger partial charge is 0.323 e. The van der Waals surface area contributed by atoms with E-state index >= 15 is 0 Å². The van der Waals surface area contributed by atoms with Crippen molar-refractivity contribution in [3.8, 4) is 0 Å². The highest BCUT2D eigenvalue weighted by atomic mass is 32.1. The molecule has 0 aliphatic rings. The van der Waals surface area contributed by atoms with Gasteiger partial charge in [-0.2, -0.15) is 0 Å². The summed E-state index contributed by atoms with van der Waals surface area (Å²) in [6.45, 7) is 2.07. The summed E-state index contributed by atoms with van der Waals surface area (Å²) in [5.74, 6) is 0. The van der Waals surface area contributed by atoms with Crippen LogP contribution in [0.1, 0.15) is 28.5 Å². The van der Waals surface area contributed by atoms with E-state index in [1.807, 2.05) is 18.2 Å². The van der Waals surface area contributed by atoms with Crippen molar-refractivity contribution in [1.82, 2.24) is 14.6 Å². The first kappa shape index (κ1) is 12.7. The van der Waals surface area contributed by atoms with Gasteiger partial charge in [-0.25, -0.2) is 4.98 Å². The van der Waals surface area contributed by atoms with Gasteiger partial charge in [0.2, 0.25) is 0 Å². The van der Waals surface area contributed by atoms with Gasteiger partial charge < -0.3 is 5.73 Å². The molecular weight excluding hydrogens is 276 g/mol. The van der Waals surface area contributed by atoms with E-state index in [-0.39, 0.29) is 6.04 Å². The lowest BCUT2D eigenvalue weighted by Gasteiger charge is -2.07. The van der Waals surface area contributed by atoms with Crippen LogP contribution in [-0.4, -0.2) is 14.6 Å². The van der Waals surface area contributed by atoms with Crippen molar-refractivity contribution < 1.29 is 0 Å². The number of aromatic nitrogens is 3. The van der Waals surface area contributed by atoms with E-state index in [2.05, 4.69) is 27.6 Å². The van der Waals surface area contributed by atoms with Crippen LogP contribution >= 0.6 is 22.9 Å². The molecule has 2 aromatic heterocycles. The molecule has 0 radical (unpaired) electrons. The average molecular weight is 290 g/mol. The van der Waals surface area contributed by atoms with Crippen LogP contribution in [0.4, 0.5) is 0 Å². The number of aryl methyl sites for hydroxylation is 1. The maximum absolute atomic E-state index is 6.27. The Hall–Kier alpha value is -1.37. The topological polar surface area (TPSA) is 64.7 Å². The standard InChI is InChI=1S/C13H14N4S2/c1-2-9-13(19-17-16-9)8(14)7-12-15-10-5-3-4-6-11(10)18-12/h3-6,8H,2,7,14H2,1H3. The Bertz CT molecular complexity index is 656. The molecule has 0 spiro atoms. The first-order valence-electron chi connectivity index (χ1n) is 6.19. The maximum Gasteiger partial charge on any atom is 0.0957 e. The van der Waals surface area contributed by atoms with Gasteiger partial charge in [-0.05, 0) is 30.1 Å². The summed E-state index contributed by atoms with van der Waals surface area (Å²) in [5.41, 5.74) is 8.33. The van der Waals surface area contributed by atoms with Crippen LogP contribution in [0.2, 0.25) is 0 Å². The minimum Gasteiger partial charge on any atom is -0.323 e. The van der Waals surface area contributed by atoms with Crippen LogP contribution in [0.15, 0.2) is 24.3 Å². The van der Waals surface area contributed by atoms with Crippen LogP contribution in [-0.2, 0) is 12.8 Å². The van der Waals surface area contributed by atoms with Crippen molar-refractivity contribution in [2.24, 2.45) is 5.73 Å². The number of para-hydroxylation sites is 1. The smallest absolute Gasteiger partial charge is 0.0957 e. The highest BCUT2D eigenvalue weighted by Crippen LogP contribution is 2.27. The molecule has 0 saturated heterocycles. The van der Waals surface area contributed by atoms with Crippen molar-refractivity contribution >= 4 is 33.1 Å². The molecule has 1 atom stereocenters. The molecule has 1 unspecified atom stereocenters. The van der Waals surface area contributed by atoms with Crippen LogP contribution < -0.4 is 5.73 Å². The molecule has 0 fully saturated rings. The second kappa shape index (κ2) is 5.32. The van der Waals surface area contributed by atoms with E-state index < -0.39 is 0 Å². The number of benzene rings is 1. The third-order valence-electron chi connectivity index (χ3n) is 2.99. The fourth-order valence-electron chi connectivity index (χ4n) is 2.03. The maximum atomic E-state index is 6.27. The molecule has 2 N–H and O–H groups in total. The molecule has 0 saturated carbocycles. The summed E-state index contributed by atoms with van der Waals surface area (Å²) in [4.78, 5) is 5.71. The zero-order chi connectivity index (χ0) is 13.2. The van der Waals surface area contributed by atoms with Crippen LogP contribution in [0.3, 0.4) is 0 Å². The minimum atomic E-state index is -0.0597. The van der Waals surface area contributed by atoms with Crippen molar-refractivity contribution in [3.63, 3.8) is 0 Å². The fourth-order valence-corrected chi connectivity index (χ4v) is 3.79. The van der Waals surface area contributed by atoms with Gasteiger partial charge in [-0.15, -0.1) is 16.4 Å². The lowest BCUT2D eigenvalue weighted by molar-refractivity contribution is 0.719. The van der Waals surface area contributed by atoms with Gasteiger partial charge in [0.1, 0.15) is 0 Å². The fraction of sp³-hybridized carbons (Fsp3) is 0.308. The lowest BCUT2D eigenvalue weighted by Crippen LogP contribution is -2.13. The van der Waals surface area contributed by atoms with Gasteiger partial charge >= 0.3 is 0 Å². The van der Waals surface area contributed by atoms with E-state index in [1.165, 1.54) is 16.2 Å². The number of rotatable bonds is 4. The number of thiazole rings is 1. The summed E-state index contributed by atoms with van der Waals surface area (Å²) in [7, 11) is 0. The Morgan fingerprint density at radius 2 is 2.16 bits per heavy atom. The number of fused-ring (bicyclic) bond motifs is 1. The molecule has 19 heavy (non-hydrogen) atoms. The SMILES string of the molecule is CCc1nnsc1C(N)Cc1nc2ccccc2s1. The van der Waals surface area contributed by atoms with E-state index in [9.17, 15) is 0 Å². The molecular formula is C13H14N4S2. The summed E-state index contributed by atoms with van der Waals surface area (Å²) >= 11 is 3.11. The molecule has 1 aromatic carbocycles. The molecule has 0 aliphatic carbocycles. The summed E-state index contributed by atoms with van der Waals surface area (Å²) in [6, 6.07) is 8.11. The van der Waals surface area contributed by atoms with Crippen molar-refractivity contribution in [2.75, 3.05) is 0 Å². The second-order valence-electron chi connectivity index (χ2n) is 4.32. The lowest BCUT2D eigenvalue weighted by atomic mass is 10.1. The van der Waals surface area contributed by atoms with Crippen LogP contribution in [0.5, 0.6) is 0 Å². The Kier molecular flexibility index (Phi) is 3.54. The molecule has 0 aliphatic heterocycles. The Labute approximate surface area is 119 Å². The van der Waals surface area contributed by atoms with Gasteiger partial charge in [0.15, 0.2) is 0 Å². The molecule has 0 amide bonds. The molecule has 98 valence electrons. The van der Waals surface area contributed by atoms with Crippen molar-refractivity contribution in [1.29, 1.82) is 0 Å². The first-order chi connectivity index (χ1) is 9.28. The highest BCUT2D eigenvalue weighted by Gasteiger charge is 2.16. The molecule has 0 bridgehead atoms. The summed E-state index contributed by atoms with van der Waals surface area (Å²) < 4.78 is 5.20. The van der Waals surface area contributed by atoms with Gasteiger partial charge in [0.25, 0.3) is 0 Å². The van der Waals surface area contributed by atoms with Gasteiger partial charge in [-0.1, -0.05) is 23.5 Å². The average Bonchev–Trinajstić information content (AvgIpc) is 3.03. The summed E-state index contributed by atoms with van der Waals surface area (Å²) in [5, 5.41) is 5.18. The van der Waals surface area contributed by atoms with Gasteiger partial charge in [0, 0.05) is 12.5 Å². The number of nitrogens with zero attached hydrogens (tertiary/aromatic N) is 3. The van der Waals surface area contributed by atoms with Crippen LogP contribution in [0, 0.1) is 0 Å². The molecule has 4 nitrogen and oxygen atoms in total. The zero-order valence-corrected chi connectivity index (χ0v) is 12.2. The number of nitrogens with two attached hydrogens (primary N) is 1. The number of hydrogen-bond donors (Lipinski definition) is 1. The van der Waals surface area contributed by atoms with E-state index in [0.29, 0.717) is 0 Å². The third-order valence-corrected chi connectivity index (χ3v) is 4.95. The second-order valence-corrected chi connectivity index (χ2v) is 6.22. The Morgan fingerprint density at radius 3 is 2.95 bits per heavy atom. The minimum absolute atomic E-state index is 0.0597. The molecule has 3 aromatic rings. The van der Waals surface area contributed by atoms with Crippen molar-refractivity contribution in [2.45, 2.75) is 25.8 Å². The van der Waals surface area contributed by atoms with Gasteiger partial charge in [-0.3, -0.25) is 0 Å². The summed E-state index contributed by atoms with van der Waals surface area (Å²) in [6.07, 6.45) is 1.62. The normalized spacial score (nSPS) is 12.9. The van der Waals surface area contributed by atoms with E-state index in [1.54, 1.807) is 11.3 Å². The quantitative estimate of drug-likeness (QED) is 0.802.